The fourth-order valence-electron chi connectivity index (χ4n) is 1.37. The summed E-state index contributed by atoms with van der Waals surface area (Å²) >= 11 is 0. The van der Waals surface area contributed by atoms with Gasteiger partial charge in [-0.3, -0.25) is 4.79 Å². The lowest BCUT2D eigenvalue weighted by molar-refractivity contribution is -0.143. The monoisotopic (exact) mass is 172 g/mol. The Morgan fingerprint density at radius 2 is 1.83 bits per heavy atom. The molecule has 0 aromatic heterocycles. The second kappa shape index (κ2) is 4.09. The average molecular weight is 172 g/mol. The lowest BCUT2D eigenvalue weighted by Crippen LogP contribution is -2.18. The molecule has 1 fully saturated rings. The van der Waals surface area contributed by atoms with Crippen molar-refractivity contribution in [2.45, 2.75) is 25.7 Å². The van der Waals surface area contributed by atoms with Crippen molar-refractivity contribution in [1.82, 2.24) is 0 Å². The summed E-state index contributed by atoms with van der Waals surface area (Å²) in [5.41, 5.74) is 0. The topological polar surface area (TPSA) is 52.6 Å². The van der Waals surface area contributed by atoms with Gasteiger partial charge in [-0.1, -0.05) is 12.8 Å². The van der Waals surface area contributed by atoms with Crippen molar-refractivity contribution in [1.29, 1.82) is 0 Å². The van der Waals surface area contributed by atoms with Crippen LogP contribution in [0.4, 0.5) is 4.79 Å². The van der Waals surface area contributed by atoms with Gasteiger partial charge in [-0.25, -0.2) is 4.79 Å². The van der Waals surface area contributed by atoms with E-state index >= 15 is 0 Å². The van der Waals surface area contributed by atoms with E-state index in [0.717, 1.165) is 25.7 Å². The van der Waals surface area contributed by atoms with Crippen LogP contribution in [-0.2, 0) is 14.3 Å². The van der Waals surface area contributed by atoms with Gasteiger partial charge in [0.15, 0.2) is 0 Å². The second-order valence-electron chi connectivity index (χ2n) is 2.86. The Morgan fingerprint density at radius 1 is 1.25 bits per heavy atom. The summed E-state index contributed by atoms with van der Waals surface area (Å²) in [5.74, 6) is -0.538. The maximum absolute atomic E-state index is 11.1. The summed E-state index contributed by atoms with van der Waals surface area (Å²) in [5, 5.41) is 0. The molecule has 1 rings (SSSR count). The molecule has 0 atom stereocenters. The minimum Gasteiger partial charge on any atom is -0.437 e. The molecule has 0 aromatic carbocycles. The van der Waals surface area contributed by atoms with Gasteiger partial charge in [0.05, 0.1) is 13.0 Å². The number of esters is 1. The van der Waals surface area contributed by atoms with Gasteiger partial charge < -0.3 is 9.47 Å². The van der Waals surface area contributed by atoms with Gasteiger partial charge in [-0.15, -0.1) is 0 Å². The van der Waals surface area contributed by atoms with E-state index in [0.29, 0.717) is 0 Å². The minimum absolute atomic E-state index is 0.0934. The minimum atomic E-state index is -0.910. The van der Waals surface area contributed by atoms with Gasteiger partial charge in [0.1, 0.15) is 0 Å². The third-order valence-corrected chi connectivity index (χ3v) is 2.04. The molecule has 4 heteroatoms. The molecule has 0 bridgehead atoms. The Bertz CT molecular complexity index is 181. The van der Waals surface area contributed by atoms with Crippen LogP contribution in [0.15, 0.2) is 0 Å². The molecule has 0 amide bonds. The second-order valence-corrected chi connectivity index (χ2v) is 2.86. The van der Waals surface area contributed by atoms with E-state index in [9.17, 15) is 9.59 Å². The molecule has 1 saturated carbocycles. The number of hydrogen-bond acceptors (Lipinski definition) is 4. The van der Waals surface area contributed by atoms with Crippen molar-refractivity contribution in [3.8, 4) is 0 Å². The number of ether oxygens (including phenoxy) is 2. The van der Waals surface area contributed by atoms with Crippen molar-refractivity contribution < 1.29 is 19.1 Å². The Hall–Kier alpha value is -1.06. The molecule has 68 valence electrons. The highest BCUT2D eigenvalue weighted by Crippen LogP contribution is 2.25. The molecular formula is C8H12O4. The summed E-state index contributed by atoms with van der Waals surface area (Å²) in [6.07, 6.45) is 2.83. The van der Waals surface area contributed by atoms with E-state index in [2.05, 4.69) is 9.47 Å². The highest BCUT2D eigenvalue weighted by Gasteiger charge is 2.26. The average Bonchev–Trinajstić information content (AvgIpc) is 2.56. The fraction of sp³-hybridized carbons (Fsp3) is 0.750. The summed E-state index contributed by atoms with van der Waals surface area (Å²) in [7, 11) is 1.18. The number of carbonyl (C=O) groups excluding carboxylic acids is 2. The normalized spacial score (nSPS) is 17.4. The van der Waals surface area contributed by atoms with Crippen molar-refractivity contribution >= 4 is 12.1 Å². The van der Waals surface area contributed by atoms with Crippen LogP contribution in [0.3, 0.4) is 0 Å². The van der Waals surface area contributed by atoms with Crippen LogP contribution < -0.4 is 0 Å². The van der Waals surface area contributed by atoms with Gasteiger partial charge in [-0.2, -0.15) is 0 Å². The third kappa shape index (κ3) is 2.22. The number of hydrogen-bond donors (Lipinski definition) is 0. The molecule has 0 heterocycles. The smallest absolute Gasteiger partial charge is 0.437 e. The van der Waals surface area contributed by atoms with E-state index in [4.69, 9.17) is 0 Å². The molecule has 0 spiro atoms. The van der Waals surface area contributed by atoms with Crippen LogP contribution in [0, 0.1) is 5.92 Å². The first-order chi connectivity index (χ1) is 5.74. The Labute approximate surface area is 70.8 Å². The van der Waals surface area contributed by atoms with E-state index in [1.807, 2.05) is 0 Å². The van der Waals surface area contributed by atoms with Crippen molar-refractivity contribution in [2.75, 3.05) is 7.11 Å². The first-order valence-corrected chi connectivity index (χ1v) is 4.03. The SMILES string of the molecule is COC(=O)OC(=O)C1CCCC1. The van der Waals surface area contributed by atoms with Crippen LogP contribution in [0.5, 0.6) is 0 Å². The predicted molar refractivity (Wildman–Crippen MR) is 40.5 cm³/mol. The van der Waals surface area contributed by atoms with Crippen molar-refractivity contribution in [2.24, 2.45) is 5.92 Å². The highest BCUT2D eigenvalue weighted by molar-refractivity contribution is 5.83. The van der Waals surface area contributed by atoms with Crippen LogP contribution in [-0.4, -0.2) is 19.2 Å². The Morgan fingerprint density at radius 3 is 2.33 bits per heavy atom. The molecule has 12 heavy (non-hydrogen) atoms. The standard InChI is InChI=1S/C8H12O4/c1-11-8(10)12-7(9)6-4-2-3-5-6/h6H,2-5H2,1H3. The quantitative estimate of drug-likeness (QED) is 0.444. The summed E-state index contributed by atoms with van der Waals surface area (Å²) in [6.45, 7) is 0. The molecule has 0 aromatic rings. The van der Waals surface area contributed by atoms with Gasteiger partial charge in [0.25, 0.3) is 0 Å². The molecule has 0 radical (unpaired) electrons. The van der Waals surface area contributed by atoms with Crippen LogP contribution >= 0.6 is 0 Å². The third-order valence-electron chi connectivity index (χ3n) is 2.04. The highest BCUT2D eigenvalue weighted by atomic mass is 16.7. The van der Waals surface area contributed by atoms with Gasteiger partial charge in [0.2, 0.25) is 0 Å². The zero-order valence-corrected chi connectivity index (χ0v) is 7.04. The van der Waals surface area contributed by atoms with Crippen LogP contribution in [0.1, 0.15) is 25.7 Å². The summed E-state index contributed by atoms with van der Waals surface area (Å²) < 4.78 is 8.58. The number of rotatable bonds is 1. The van der Waals surface area contributed by atoms with Crippen molar-refractivity contribution in [3.05, 3.63) is 0 Å². The zero-order chi connectivity index (χ0) is 8.97. The number of methoxy groups -OCH3 is 1. The van der Waals surface area contributed by atoms with E-state index < -0.39 is 12.1 Å². The zero-order valence-electron chi connectivity index (χ0n) is 7.04. The number of carbonyl (C=O) groups is 2. The molecule has 0 saturated heterocycles. The maximum atomic E-state index is 11.1. The van der Waals surface area contributed by atoms with Crippen LogP contribution in [0.2, 0.25) is 0 Å². The lowest BCUT2D eigenvalue weighted by atomic mass is 10.1. The fourth-order valence-corrected chi connectivity index (χ4v) is 1.37. The Kier molecular flexibility index (Phi) is 3.08. The molecule has 0 aliphatic heterocycles. The van der Waals surface area contributed by atoms with Gasteiger partial charge in [0, 0.05) is 0 Å². The molecule has 1 aliphatic carbocycles. The predicted octanol–water partition coefficient (Wildman–Crippen LogP) is 1.49. The van der Waals surface area contributed by atoms with E-state index in [1.54, 1.807) is 0 Å². The molecule has 1 aliphatic rings. The molecule has 0 N–H and O–H groups in total. The van der Waals surface area contributed by atoms with E-state index in [1.165, 1.54) is 7.11 Å². The molecule has 0 unspecified atom stereocenters. The van der Waals surface area contributed by atoms with Gasteiger partial charge >= 0.3 is 12.1 Å². The lowest BCUT2D eigenvalue weighted by Gasteiger charge is -2.05. The largest absolute Gasteiger partial charge is 0.515 e. The first-order valence-electron chi connectivity index (χ1n) is 4.03. The van der Waals surface area contributed by atoms with Gasteiger partial charge in [-0.05, 0) is 12.8 Å². The first kappa shape index (κ1) is 9.03. The van der Waals surface area contributed by atoms with Crippen molar-refractivity contribution in [3.63, 3.8) is 0 Å². The molecular weight excluding hydrogens is 160 g/mol. The van der Waals surface area contributed by atoms with E-state index in [-0.39, 0.29) is 5.92 Å². The summed E-state index contributed by atoms with van der Waals surface area (Å²) in [6, 6.07) is 0. The maximum Gasteiger partial charge on any atom is 0.515 e. The van der Waals surface area contributed by atoms with Crippen LogP contribution in [0.25, 0.3) is 0 Å². The molecule has 4 nitrogen and oxygen atoms in total. The summed E-state index contributed by atoms with van der Waals surface area (Å²) in [4.78, 5) is 21.6. The Balaban J connectivity index is 2.32.